The highest BCUT2D eigenvalue weighted by Gasteiger charge is 1.94. The Morgan fingerprint density at radius 3 is 2.33 bits per heavy atom. The van der Waals surface area contributed by atoms with Crippen molar-refractivity contribution in [1.82, 2.24) is 15.2 Å². The average Bonchev–Trinajstić information content (AvgIpc) is 1.80. The van der Waals surface area contributed by atoms with Gasteiger partial charge in [0.15, 0.2) is 5.82 Å². The van der Waals surface area contributed by atoms with E-state index in [2.05, 4.69) is 15.2 Å². The molecule has 1 rings (SSSR count). The van der Waals surface area contributed by atoms with Gasteiger partial charge in [-0.3, -0.25) is 0 Å². The van der Waals surface area contributed by atoms with Crippen molar-refractivity contribution in [3.63, 3.8) is 0 Å². The molecule has 2 N–H and O–H groups in total. The van der Waals surface area contributed by atoms with Crippen molar-refractivity contribution in [3.05, 3.63) is 11.5 Å². The fourth-order valence-corrected chi connectivity index (χ4v) is 0.521. The number of rotatable bonds is 0. The zero-order valence-corrected chi connectivity index (χ0v) is 5.42. The van der Waals surface area contributed by atoms with Crippen LogP contribution in [-0.2, 0) is 0 Å². The molecule has 1 heterocycles. The second kappa shape index (κ2) is 1.97. The molecule has 0 amide bonds. The third-order valence-electron chi connectivity index (χ3n) is 1.00. The van der Waals surface area contributed by atoms with Crippen LogP contribution in [0.3, 0.4) is 0 Å². The molecule has 0 aliphatic rings. The topological polar surface area (TPSA) is 64.7 Å². The van der Waals surface area contributed by atoms with Gasteiger partial charge in [0.05, 0.1) is 5.69 Å². The summed E-state index contributed by atoms with van der Waals surface area (Å²) in [6.07, 6.45) is 0. The van der Waals surface area contributed by atoms with Gasteiger partial charge in [0.2, 0.25) is 0 Å². The standard InChI is InChI=1S/C5H8N4/c1-3-5(6)9-8-4(2)7-3/h1-2H3,(H2,6,9). The molecule has 1 aromatic rings. The van der Waals surface area contributed by atoms with Crippen LogP contribution in [0.15, 0.2) is 0 Å². The molecule has 0 aliphatic carbocycles. The zero-order chi connectivity index (χ0) is 6.85. The number of hydrogen-bond donors (Lipinski definition) is 1. The van der Waals surface area contributed by atoms with Gasteiger partial charge in [0.1, 0.15) is 5.82 Å². The van der Waals surface area contributed by atoms with Crippen LogP contribution in [0.25, 0.3) is 0 Å². The van der Waals surface area contributed by atoms with Crippen LogP contribution in [0.1, 0.15) is 11.5 Å². The van der Waals surface area contributed by atoms with Crippen LogP contribution in [-0.4, -0.2) is 15.2 Å². The maximum Gasteiger partial charge on any atom is 0.167 e. The van der Waals surface area contributed by atoms with Crippen molar-refractivity contribution < 1.29 is 0 Å². The number of aromatic nitrogens is 3. The molecule has 0 aromatic carbocycles. The van der Waals surface area contributed by atoms with E-state index in [-0.39, 0.29) is 0 Å². The highest BCUT2D eigenvalue weighted by atomic mass is 15.2. The maximum atomic E-state index is 5.35. The molecule has 0 bridgehead atoms. The first-order chi connectivity index (χ1) is 4.20. The largest absolute Gasteiger partial charge is 0.381 e. The molecule has 0 fully saturated rings. The van der Waals surface area contributed by atoms with E-state index >= 15 is 0 Å². The molecule has 1 aromatic heterocycles. The lowest BCUT2D eigenvalue weighted by atomic mass is 10.5. The minimum atomic E-state index is 0.403. The Bertz CT molecular complexity index is 220. The molecule has 9 heavy (non-hydrogen) atoms. The average molecular weight is 124 g/mol. The minimum Gasteiger partial charge on any atom is -0.381 e. The summed E-state index contributed by atoms with van der Waals surface area (Å²) in [4.78, 5) is 3.97. The number of nitrogen functional groups attached to an aromatic ring is 1. The Hall–Kier alpha value is -1.19. The van der Waals surface area contributed by atoms with Crippen LogP contribution < -0.4 is 5.73 Å². The molecule has 0 unspecified atom stereocenters. The van der Waals surface area contributed by atoms with Gasteiger partial charge in [0, 0.05) is 0 Å². The maximum absolute atomic E-state index is 5.35. The summed E-state index contributed by atoms with van der Waals surface area (Å²) >= 11 is 0. The molecule has 0 saturated carbocycles. The van der Waals surface area contributed by atoms with Crippen molar-refractivity contribution in [2.45, 2.75) is 13.8 Å². The molecule has 4 heteroatoms. The normalized spacial score (nSPS) is 9.56. The first-order valence-electron chi connectivity index (χ1n) is 2.63. The number of aryl methyl sites for hydroxylation is 2. The van der Waals surface area contributed by atoms with Gasteiger partial charge in [-0.05, 0) is 13.8 Å². The van der Waals surface area contributed by atoms with E-state index in [4.69, 9.17) is 5.73 Å². The van der Waals surface area contributed by atoms with Gasteiger partial charge in [0.25, 0.3) is 0 Å². The van der Waals surface area contributed by atoms with Crippen molar-refractivity contribution in [3.8, 4) is 0 Å². The molecule has 0 atom stereocenters. The lowest BCUT2D eigenvalue weighted by Crippen LogP contribution is -2.01. The van der Waals surface area contributed by atoms with E-state index in [0.29, 0.717) is 11.6 Å². The van der Waals surface area contributed by atoms with Gasteiger partial charge in [-0.15, -0.1) is 10.2 Å². The smallest absolute Gasteiger partial charge is 0.167 e. The molecule has 48 valence electrons. The number of nitrogens with zero attached hydrogens (tertiary/aromatic N) is 3. The Kier molecular flexibility index (Phi) is 1.30. The van der Waals surface area contributed by atoms with Crippen LogP contribution >= 0.6 is 0 Å². The van der Waals surface area contributed by atoms with E-state index in [1.165, 1.54) is 0 Å². The van der Waals surface area contributed by atoms with E-state index in [0.717, 1.165) is 5.69 Å². The fourth-order valence-electron chi connectivity index (χ4n) is 0.521. The minimum absolute atomic E-state index is 0.403. The molecule has 0 spiro atoms. The Balaban J connectivity index is 3.17. The molecule has 4 nitrogen and oxygen atoms in total. The third kappa shape index (κ3) is 1.13. The molecular weight excluding hydrogens is 116 g/mol. The number of nitrogens with two attached hydrogens (primary N) is 1. The predicted molar refractivity (Wildman–Crippen MR) is 33.7 cm³/mol. The Labute approximate surface area is 53.1 Å². The third-order valence-corrected chi connectivity index (χ3v) is 1.00. The SMILES string of the molecule is Cc1nnc(N)c(C)n1. The van der Waals surface area contributed by atoms with Crippen LogP contribution in [0, 0.1) is 13.8 Å². The van der Waals surface area contributed by atoms with Gasteiger partial charge in [-0.2, -0.15) is 0 Å². The van der Waals surface area contributed by atoms with Gasteiger partial charge in [-0.25, -0.2) is 4.98 Å². The van der Waals surface area contributed by atoms with Crippen LogP contribution in [0.4, 0.5) is 5.82 Å². The Morgan fingerprint density at radius 2 is 1.89 bits per heavy atom. The summed E-state index contributed by atoms with van der Waals surface area (Å²) < 4.78 is 0. The van der Waals surface area contributed by atoms with E-state index in [9.17, 15) is 0 Å². The summed E-state index contributed by atoms with van der Waals surface area (Å²) in [5.41, 5.74) is 6.09. The monoisotopic (exact) mass is 124 g/mol. The van der Waals surface area contributed by atoms with Gasteiger partial charge >= 0.3 is 0 Å². The van der Waals surface area contributed by atoms with Crippen LogP contribution in [0.2, 0.25) is 0 Å². The van der Waals surface area contributed by atoms with Gasteiger partial charge < -0.3 is 5.73 Å². The molecule has 0 saturated heterocycles. The Morgan fingerprint density at radius 1 is 1.22 bits per heavy atom. The number of anilines is 1. The van der Waals surface area contributed by atoms with Crippen molar-refractivity contribution in [1.29, 1.82) is 0 Å². The quantitative estimate of drug-likeness (QED) is 0.531. The highest BCUT2D eigenvalue weighted by Crippen LogP contribution is 1.98. The molecule has 0 radical (unpaired) electrons. The molecule has 0 aliphatic heterocycles. The lowest BCUT2D eigenvalue weighted by Gasteiger charge is -1.94. The van der Waals surface area contributed by atoms with E-state index in [1.54, 1.807) is 13.8 Å². The van der Waals surface area contributed by atoms with Crippen molar-refractivity contribution >= 4 is 5.82 Å². The van der Waals surface area contributed by atoms with Gasteiger partial charge in [-0.1, -0.05) is 0 Å². The first-order valence-corrected chi connectivity index (χ1v) is 2.63. The highest BCUT2D eigenvalue weighted by molar-refractivity contribution is 5.30. The summed E-state index contributed by atoms with van der Waals surface area (Å²) in [7, 11) is 0. The lowest BCUT2D eigenvalue weighted by molar-refractivity contribution is 0.893. The summed E-state index contributed by atoms with van der Waals surface area (Å²) in [6.45, 7) is 3.58. The van der Waals surface area contributed by atoms with Crippen molar-refractivity contribution in [2.24, 2.45) is 0 Å². The van der Waals surface area contributed by atoms with Crippen molar-refractivity contribution in [2.75, 3.05) is 5.73 Å². The van der Waals surface area contributed by atoms with E-state index in [1.807, 2.05) is 0 Å². The second-order valence-electron chi connectivity index (χ2n) is 1.83. The fraction of sp³-hybridized carbons (Fsp3) is 0.400. The predicted octanol–water partition coefficient (Wildman–Crippen LogP) is 0.0706. The first kappa shape index (κ1) is 5.94. The summed E-state index contributed by atoms with van der Waals surface area (Å²) in [6, 6.07) is 0. The number of hydrogen-bond acceptors (Lipinski definition) is 4. The second-order valence-corrected chi connectivity index (χ2v) is 1.83. The van der Waals surface area contributed by atoms with Crippen LogP contribution in [0.5, 0.6) is 0 Å². The zero-order valence-electron chi connectivity index (χ0n) is 5.42. The van der Waals surface area contributed by atoms with E-state index < -0.39 is 0 Å². The summed E-state index contributed by atoms with van der Waals surface area (Å²) in [5, 5.41) is 7.30. The summed E-state index contributed by atoms with van der Waals surface area (Å²) in [5.74, 6) is 1.06. The molecular formula is C5H8N4.